The van der Waals surface area contributed by atoms with Crippen LogP contribution in [-0.2, 0) is 6.61 Å². The fourth-order valence-electron chi connectivity index (χ4n) is 1.53. The fraction of sp³-hybridized carbons (Fsp3) is 0.0714. The number of hydrogen-bond donors (Lipinski definition) is 0. The van der Waals surface area contributed by atoms with E-state index in [-0.39, 0.29) is 12.2 Å². The van der Waals surface area contributed by atoms with E-state index in [2.05, 4.69) is 15.9 Å². The molecule has 0 radical (unpaired) electrons. The largest absolute Gasteiger partial charge is 0.489 e. The molecule has 2 rings (SSSR count). The predicted molar refractivity (Wildman–Crippen MR) is 69.5 cm³/mol. The first-order valence-corrected chi connectivity index (χ1v) is 6.15. The smallest absolute Gasteiger partial charge is 0.140 e. The van der Waals surface area contributed by atoms with Crippen molar-refractivity contribution in [3.63, 3.8) is 0 Å². The molecule has 2 aromatic rings. The zero-order valence-corrected chi connectivity index (χ0v) is 11.2. The van der Waals surface area contributed by atoms with Gasteiger partial charge in [-0.05, 0) is 29.8 Å². The van der Waals surface area contributed by atoms with Gasteiger partial charge >= 0.3 is 0 Å². The SMILES string of the molecule is N#Cc1cc(COc2cc(F)cc(Br)c2)ccc1F. The average molecular weight is 324 g/mol. The molecule has 0 heterocycles. The van der Waals surface area contributed by atoms with Crippen LogP contribution in [0.15, 0.2) is 40.9 Å². The van der Waals surface area contributed by atoms with E-state index in [1.165, 1.54) is 30.3 Å². The van der Waals surface area contributed by atoms with Gasteiger partial charge < -0.3 is 4.74 Å². The summed E-state index contributed by atoms with van der Waals surface area (Å²) in [6.07, 6.45) is 0. The molecule has 0 N–H and O–H groups in total. The number of nitrogens with zero attached hydrogens (tertiary/aromatic N) is 1. The molecule has 0 aliphatic rings. The summed E-state index contributed by atoms with van der Waals surface area (Å²) in [7, 11) is 0. The molecular formula is C14H8BrF2NO. The van der Waals surface area contributed by atoms with Crippen LogP contribution in [0.4, 0.5) is 8.78 Å². The Morgan fingerprint density at radius 1 is 1.16 bits per heavy atom. The van der Waals surface area contributed by atoms with Crippen molar-refractivity contribution in [1.29, 1.82) is 5.26 Å². The van der Waals surface area contributed by atoms with Crippen molar-refractivity contribution >= 4 is 15.9 Å². The highest BCUT2D eigenvalue weighted by Gasteiger charge is 2.04. The third kappa shape index (κ3) is 3.52. The van der Waals surface area contributed by atoms with E-state index < -0.39 is 11.6 Å². The summed E-state index contributed by atoms with van der Waals surface area (Å²) in [4.78, 5) is 0. The molecule has 0 aromatic heterocycles. The lowest BCUT2D eigenvalue weighted by atomic mass is 10.1. The normalized spacial score (nSPS) is 10.0. The summed E-state index contributed by atoms with van der Waals surface area (Å²) in [6, 6.07) is 10.1. The van der Waals surface area contributed by atoms with Crippen LogP contribution in [0.1, 0.15) is 11.1 Å². The molecule has 0 aliphatic heterocycles. The van der Waals surface area contributed by atoms with Crippen LogP contribution in [0.5, 0.6) is 5.75 Å². The van der Waals surface area contributed by atoms with Crippen molar-refractivity contribution < 1.29 is 13.5 Å². The Morgan fingerprint density at radius 3 is 2.63 bits per heavy atom. The molecule has 2 nitrogen and oxygen atoms in total. The lowest BCUT2D eigenvalue weighted by Gasteiger charge is -2.07. The second-order valence-corrected chi connectivity index (χ2v) is 4.74. The highest BCUT2D eigenvalue weighted by molar-refractivity contribution is 9.10. The first kappa shape index (κ1) is 13.5. The van der Waals surface area contributed by atoms with Crippen molar-refractivity contribution in [3.05, 3.63) is 63.6 Å². The van der Waals surface area contributed by atoms with Gasteiger partial charge in [0, 0.05) is 10.5 Å². The number of hydrogen-bond acceptors (Lipinski definition) is 2. The molecule has 19 heavy (non-hydrogen) atoms. The number of rotatable bonds is 3. The Morgan fingerprint density at radius 2 is 1.95 bits per heavy atom. The maximum atomic E-state index is 13.1. The van der Waals surface area contributed by atoms with E-state index in [0.717, 1.165) is 0 Å². The number of halogens is 3. The van der Waals surface area contributed by atoms with Crippen molar-refractivity contribution in [1.82, 2.24) is 0 Å². The molecule has 5 heteroatoms. The van der Waals surface area contributed by atoms with Gasteiger partial charge in [0.15, 0.2) is 0 Å². The number of benzene rings is 2. The highest BCUT2D eigenvalue weighted by Crippen LogP contribution is 2.21. The van der Waals surface area contributed by atoms with Gasteiger partial charge in [0.05, 0.1) is 5.56 Å². The first-order valence-electron chi connectivity index (χ1n) is 5.36. The molecule has 0 fully saturated rings. The van der Waals surface area contributed by atoms with Gasteiger partial charge in [-0.25, -0.2) is 8.78 Å². The molecule has 0 unspecified atom stereocenters. The van der Waals surface area contributed by atoms with Gasteiger partial charge in [0.25, 0.3) is 0 Å². The van der Waals surface area contributed by atoms with Crippen molar-refractivity contribution in [2.24, 2.45) is 0 Å². The predicted octanol–water partition coefficient (Wildman–Crippen LogP) is 4.18. The summed E-state index contributed by atoms with van der Waals surface area (Å²) < 4.78 is 32.2. The Balaban J connectivity index is 2.12. The van der Waals surface area contributed by atoms with Crippen LogP contribution in [0.2, 0.25) is 0 Å². The number of nitriles is 1. The molecule has 0 spiro atoms. The van der Waals surface area contributed by atoms with Crippen LogP contribution >= 0.6 is 15.9 Å². The topological polar surface area (TPSA) is 33.0 Å². The first-order chi connectivity index (χ1) is 9.08. The van der Waals surface area contributed by atoms with Crippen LogP contribution < -0.4 is 4.74 Å². The van der Waals surface area contributed by atoms with E-state index in [0.29, 0.717) is 15.8 Å². The Labute approximate surface area is 117 Å². The molecule has 0 atom stereocenters. The molecule has 0 amide bonds. The summed E-state index contributed by atoms with van der Waals surface area (Å²) in [5.41, 5.74) is 0.597. The minimum atomic E-state index is -0.570. The molecule has 0 saturated heterocycles. The fourth-order valence-corrected chi connectivity index (χ4v) is 1.97. The third-order valence-corrected chi connectivity index (χ3v) is 2.85. The average Bonchev–Trinajstić information content (AvgIpc) is 2.36. The van der Waals surface area contributed by atoms with Gasteiger partial charge in [-0.1, -0.05) is 22.0 Å². The van der Waals surface area contributed by atoms with E-state index in [1.54, 1.807) is 12.1 Å². The third-order valence-electron chi connectivity index (χ3n) is 2.39. The van der Waals surface area contributed by atoms with Crippen molar-refractivity contribution in [2.45, 2.75) is 6.61 Å². The quantitative estimate of drug-likeness (QED) is 0.849. The molecule has 0 saturated carbocycles. The van der Waals surface area contributed by atoms with Gasteiger partial charge in [-0.15, -0.1) is 0 Å². The molecule has 0 bridgehead atoms. The van der Waals surface area contributed by atoms with Gasteiger partial charge in [0.2, 0.25) is 0 Å². The highest BCUT2D eigenvalue weighted by atomic mass is 79.9. The van der Waals surface area contributed by atoms with Crippen LogP contribution in [-0.4, -0.2) is 0 Å². The van der Waals surface area contributed by atoms with Crippen LogP contribution in [0.3, 0.4) is 0 Å². The minimum Gasteiger partial charge on any atom is -0.489 e. The van der Waals surface area contributed by atoms with Gasteiger partial charge in [-0.2, -0.15) is 5.26 Å². The Kier molecular flexibility index (Phi) is 4.13. The summed E-state index contributed by atoms with van der Waals surface area (Å²) in [6.45, 7) is 0.130. The molecule has 0 aliphatic carbocycles. The van der Waals surface area contributed by atoms with E-state index in [4.69, 9.17) is 10.00 Å². The van der Waals surface area contributed by atoms with Crippen LogP contribution in [0, 0.1) is 23.0 Å². The van der Waals surface area contributed by atoms with E-state index >= 15 is 0 Å². The standard InChI is InChI=1S/C14H8BrF2NO/c15-11-4-12(16)6-13(5-11)19-8-9-1-2-14(17)10(3-9)7-18/h1-6H,8H2. The lowest BCUT2D eigenvalue weighted by Crippen LogP contribution is -1.97. The summed E-state index contributed by atoms with van der Waals surface area (Å²) in [5, 5.41) is 8.71. The minimum absolute atomic E-state index is 0.0403. The molecule has 2 aromatic carbocycles. The van der Waals surface area contributed by atoms with E-state index in [9.17, 15) is 8.78 Å². The zero-order valence-electron chi connectivity index (χ0n) is 9.66. The van der Waals surface area contributed by atoms with Gasteiger partial charge in [0.1, 0.15) is 30.1 Å². The molecule has 96 valence electrons. The van der Waals surface area contributed by atoms with Crippen molar-refractivity contribution in [2.75, 3.05) is 0 Å². The second kappa shape index (κ2) is 5.81. The maximum Gasteiger partial charge on any atom is 0.140 e. The second-order valence-electron chi connectivity index (χ2n) is 3.82. The van der Waals surface area contributed by atoms with Crippen LogP contribution in [0.25, 0.3) is 0 Å². The Bertz CT molecular complexity index is 632. The maximum absolute atomic E-state index is 13.1. The monoisotopic (exact) mass is 323 g/mol. The number of ether oxygens (including phenoxy) is 1. The Hall–Kier alpha value is -1.93. The summed E-state index contributed by atoms with van der Waals surface area (Å²) in [5.74, 6) is -0.629. The molecular weight excluding hydrogens is 316 g/mol. The van der Waals surface area contributed by atoms with Crippen molar-refractivity contribution in [3.8, 4) is 11.8 Å². The zero-order chi connectivity index (χ0) is 13.8. The summed E-state index contributed by atoms with van der Waals surface area (Å²) >= 11 is 3.16. The lowest BCUT2D eigenvalue weighted by molar-refractivity contribution is 0.304. The van der Waals surface area contributed by atoms with E-state index in [1.807, 2.05) is 0 Å². The van der Waals surface area contributed by atoms with Gasteiger partial charge in [-0.3, -0.25) is 0 Å².